The number of thiazole rings is 1. The van der Waals surface area contributed by atoms with Crippen LogP contribution in [0, 0.1) is 5.41 Å². The van der Waals surface area contributed by atoms with E-state index in [0.717, 1.165) is 0 Å². The van der Waals surface area contributed by atoms with Gasteiger partial charge in [0.25, 0.3) is 11.5 Å². The highest BCUT2D eigenvalue weighted by molar-refractivity contribution is 7.15. The molecule has 0 atom stereocenters. The number of carbonyl (C=O) groups excluding carboxylic acids is 1. The summed E-state index contributed by atoms with van der Waals surface area (Å²) in [5.74, 6) is -0.329. The van der Waals surface area contributed by atoms with Gasteiger partial charge in [-0.3, -0.25) is 14.0 Å². The summed E-state index contributed by atoms with van der Waals surface area (Å²) in [5, 5.41) is 1.76. The van der Waals surface area contributed by atoms with Gasteiger partial charge in [-0.1, -0.05) is 13.8 Å². The van der Waals surface area contributed by atoms with Crippen molar-refractivity contribution in [3.63, 3.8) is 0 Å². The van der Waals surface area contributed by atoms with Crippen LogP contribution in [0.2, 0.25) is 0 Å². The third-order valence-corrected chi connectivity index (χ3v) is 3.91. The number of nitrogens with two attached hydrogens (primary N) is 1. The molecule has 0 aliphatic carbocycles. The van der Waals surface area contributed by atoms with Crippen LogP contribution in [0.1, 0.15) is 24.2 Å². The van der Waals surface area contributed by atoms with E-state index in [4.69, 9.17) is 5.73 Å². The smallest absolute Gasteiger partial charge is 0.271 e. The molecule has 2 heterocycles. The van der Waals surface area contributed by atoms with Crippen LogP contribution in [0.15, 0.2) is 22.6 Å². The molecule has 0 aromatic carbocycles. The van der Waals surface area contributed by atoms with Crippen LogP contribution in [-0.2, 0) is 0 Å². The van der Waals surface area contributed by atoms with Gasteiger partial charge in [-0.05, 0) is 12.0 Å². The van der Waals surface area contributed by atoms with Crippen LogP contribution in [0.3, 0.4) is 0 Å². The Bertz CT molecular complexity index is 695. The van der Waals surface area contributed by atoms with E-state index in [0.29, 0.717) is 18.1 Å². The van der Waals surface area contributed by atoms with Crippen molar-refractivity contribution in [2.75, 3.05) is 20.1 Å². The first-order valence-electron chi connectivity index (χ1n) is 6.26. The maximum absolute atomic E-state index is 12.4. The fourth-order valence-corrected chi connectivity index (χ4v) is 2.63. The third-order valence-electron chi connectivity index (χ3n) is 3.14. The Kier molecular flexibility index (Phi) is 5.49. The summed E-state index contributed by atoms with van der Waals surface area (Å²) in [6, 6.07) is 0. The second-order valence-electron chi connectivity index (χ2n) is 5.56. The molecule has 0 fully saturated rings. The lowest BCUT2D eigenvalue weighted by Gasteiger charge is -2.28. The Morgan fingerprint density at radius 1 is 1.52 bits per heavy atom. The zero-order valence-electron chi connectivity index (χ0n) is 12.2. The van der Waals surface area contributed by atoms with Crippen molar-refractivity contribution in [1.82, 2.24) is 14.3 Å². The van der Waals surface area contributed by atoms with E-state index in [1.807, 2.05) is 13.8 Å². The monoisotopic (exact) mass is 330 g/mol. The lowest BCUT2D eigenvalue weighted by molar-refractivity contribution is 0.0738. The molecule has 0 aliphatic rings. The zero-order valence-corrected chi connectivity index (χ0v) is 13.8. The minimum atomic E-state index is -0.335. The van der Waals surface area contributed by atoms with Gasteiger partial charge in [0.15, 0.2) is 4.96 Å². The number of amides is 1. The first kappa shape index (κ1) is 17.6. The molecule has 2 aromatic rings. The Morgan fingerprint density at radius 2 is 2.19 bits per heavy atom. The van der Waals surface area contributed by atoms with Crippen molar-refractivity contribution in [2.24, 2.45) is 11.1 Å². The predicted molar refractivity (Wildman–Crippen MR) is 86.4 cm³/mol. The van der Waals surface area contributed by atoms with Crippen molar-refractivity contribution in [2.45, 2.75) is 13.8 Å². The molecular formula is C13H19ClN4O2S. The number of hydrogen-bond donors (Lipinski definition) is 1. The minimum Gasteiger partial charge on any atom is -0.341 e. The summed E-state index contributed by atoms with van der Waals surface area (Å²) < 4.78 is 1.39. The molecular weight excluding hydrogens is 312 g/mol. The van der Waals surface area contributed by atoms with E-state index < -0.39 is 0 Å². The fraction of sp³-hybridized carbons (Fsp3) is 0.462. The molecule has 2 aromatic heterocycles. The van der Waals surface area contributed by atoms with E-state index in [9.17, 15) is 9.59 Å². The van der Waals surface area contributed by atoms with Gasteiger partial charge < -0.3 is 10.6 Å². The number of hydrogen-bond acceptors (Lipinski definition) is 5. The lowest BCUT2D eigenvalue weighted by Crippen LogP contribution is -2.41. The average Bonchev–Trinajstić information content (AvgIpc) is 2.87. The first-order valence-corrected chi connectivity index (χ1v) is 7.14. The van der Waals surface area contributed by atoms with Crippen molar-refractivity contribution < 1.29 is 4.79 Å². The highest BCUT2D eigenvalue weighted by Crippen LogP contribution is 2.15. The molecule has 2 N–H and O–H groups in total. The maximum Gasteiger partial charge on any atom is 0.271 e. The fourth-order valence-electron chi connectivity index (χ4n) is 1.96. The number of rotatable bonds is 4. The van der Waals surface area contributed by atoms with Gasteiger partial charge in [-0.25, -0.2) is 4.98 Å². The van der Waals surface area contributed by atoms with Crippen LogP contribution in [0.5, 0.6) is 0 Å². The standard InChI is InChI=1S/C13H18N4O2S.ClH/c1-13(2,7-14)8-16(3)10(18)9-6-15-12-17(11(9)19)4-5-20-12;/h4-6H,7-8,14H2,1-3H3;1H. The summed E-state index contributed by atoms with van der Waals surface area (Å²) in [6.07, 6.45) is 2.97. The number of fused-ring (bicyclic) bond motifs is 1. The molecule has 0 bridgehead atoms. The summed E-state index contributed by atoms with van der Waals surface area (Å²) in [6.45, 7) is 4.90. The Hall–Kier alpha value is -1.44. The number of carbonyl (C=O) groups is 1. The van der Waals surface area contributed by atoms with Gasteiger partial charge in [0.1, 0.15) is 5.56 Å². The number of aromatic nitrogens is 2. The van der Waals surface area contributed by atoms with E-state index in [1.165, 1.54) is 26.8 Å². The molecule has 0 aliphatic heterocycles. The van der Waals surface area contributed by atoms with Crippen LogP contribution in [-0.4, -0.2) is 40.3 Å². The van der Waals surface area contributed by atoms with Gasteiger partial charge >= 0.3 is 0 Å². The van der Waals surface area contributed by atoms with Gasteiger partial charge in [0.2, 0.25) is 0 Å². The molecule has 0 unspecified atom stereocenters. The molecule has 1 amide bonds. The van der Waals surface area contributed by atoms with Gasteiger partial charge in [0, 0.05) is 31.4 Å². The Morgan fingerprint density at radius 3 is 2.81 bits per heavy atom. The summed E-state index contributed by atoms with van der Waals surface area (Å²) in [4.78, 5) is 30.8. The highest BCUT2D eigenvalue weighted by atomic mass is 35.5. The van der Waals surface area contributed by atoms with Crippen molar-refractivity contribution >= 4 is 34.6 Å². The van der Waals surface area contributed by atoms with Crippen LogP contribution in [0.4, 0.5) is 0 Å². The Labute approximate surface area is 133 Å². The van der Waals surface area contributed by atoms with Gasteiger partial charge in [-0.15, -0.1) is 23.7 Å². The van der Waals surface area contributed by atoms with Gasteiger partial charge in [-0.2, -0.15) is 0 Å². The van der Waals surface area contributed by atoms with Gasteiger partial charge in [0.05, 0.1) is 0 Å². The molecule has 0 saturated carbocycles. The molecule has 116 valence electrons. The lowest BCUT2D eigenvalue weighted by atomic mass is 9.93. The highest BCUT2D eigenvalue weighted by Gasteiger charge is 2.24. The normalized spacial score (nSPS) is 11.2. The quantitative estimate of drug-likeness (QED) is 0.914. The van der Waals surface area contributed by atoms with E-state index in [-0.39, 0.29) is 34.9 Å². The predicted octanol–water partition coefficient (Wildman–Crippen LogP) is 1.23. The van der Waals surface area contributed by atoms with E-state index >= 15 is 0 Å². The number of halogens is 1. The molecule has 21 heavy (non-hydrogen) atoms. The van der Waals surface area contributed by atoms with Crippen molar-refractivity contribution in [3.8, 4) is 0 Å². The van der Waals surface area contributed by atoms with Crippen molar-refractivity contribution in [1.29, 1.82) is 0 Å². The SMILES string of the molecule is CN(CC(C)(C)CN)C(=O)c1cnc2sccn2c1=O.Cl. The zero-order chi connectivity index (χ0) is 14.9. The first-order chi connectivity index (χ1) is 9.35. The van der Waals surface area contributed by atoms with Crippen molar-refractivity contribution in [3.05, 3.63) is 33.7 Å². The third kappa shape index (κ3) is 3.61. The largest absolute Gasteiger partial charge is 0.341 e. The Balaban J connectivity index is 0.00000220. The molecule has 8 heteroatoms. The summed E-state index contributed by atoms with van der Waals surface area (Å²) in [7, 11) is 1.67. The molecule has 2 rings (SSSR count). The van der Waals surface area contributed by atoms with Crippen LogP contribution in [0.25, 0.3) is 4.96 Å². The number of nitrogens with zero attached hydrogens (tertiary/aromatic N) is 3. The van der Waals surface area contributed by atoms with E-state index in [2.05, 4.69) is 4.98 Å². The topological polar surface area (TPSA) is 80.7 Å². The molecule has 0 saturated heterocycles. The average molecular weight is 331 g/mol. The summed E-state index contributed by atoms with van der Waals surface area (Å²) in [5.41, 5.74) is 5.22. The molecule has 0 spiro atoms. The second-order valence-corrected chi connectivity index (χ2v) is 6.44. The maximum atomic E-state index is 12.4. The van der Waals surface area contributed by atoms with Crippen LogP contribution < -0.4 is 11.3 Å². The van der Waals surface area contributed by atoms with E-state index in [1.54, 1.807) is 18.6 Å². The van der Waals surface area contributed by atoms with Crippen LogP contribution >= 0.6 is 23.7 Å². The molecule has 6 nitrogen and oxygen atoms in total. The molecule has 0 radical (unpaired) electrons. The minimum absolute atomic E-state index is 0. The second kappa shape index (κ2) is 6.55. The summed E-state index contributed by atoms with van der Waals surface area (Å²) >= 11 is 1.35.